The molecule has 0 amide bonds. The Balaban J connectivity index is 0.00000144. The molecule has 0 aliphatic heterocycles. The van der Waals surface area contributed by atoms with Crippen molar-refractivity contribution in [1.82, 2.24) is 0 Å². The molecule has 0 aromatic heterocycles. The summed E-state index contributed by atoms with van der Waals surface area (Å²) in [6.07, 6.45) is 9.61. The van der Waals surface area contributed by atoms with E-state index >= 15 is 0 Å². The fourth-order valence-corrected chi connectivity index (χ4v) is 7.82. The Morgan fingerprint density at radius 3 is 1.68 bits per heavy atom. The summed E-state index contributed by atoms with van der Waals surface area (Å²) >= 11 is 0. The number of allylic oxidation sites excluding steroid dienone is 2. The van der Waals surface area contributed by atoms with Gasteiger partial charge in [0.25, 0.3) is 0 Å². The van der Waals surface area contributed by atoms with Crippen molar-refractivity contribution in [3.8, 4) is 0 Å². The van der Waals surface area contributed by atoms with Gasteiger partial charge in [0.1, 0.15) is 0 Å². The SMILES string of the molecule is CC[SiH](C1C=Cc2ccccc21)C1C=Cc2ccccc21.[Na]. The van der Waals surface area contributed by atoms with E-state index in [1.807, 2.05) is 0 Å². The molecule has 0 fully saturated rings. The van der Waals surface area contributed by atoms with Gasteiger partial charge in [-0.3, -0.25) is 0 Å². The normalized spacial score (nSPS) is 22.0. The maximum Gasteiger partial charge on any atom is 0.0619 e. The summed E-state index contributed by atoms with van der Waals surface area (Å²) in [7, 11) is -0.966. The summed E-state index contributed by atoms with van der Waals surface area (Å²) in [5, 5.41) is 0. The van der Waals surface area contributed by atoms with Crippen LogP contribution in [0.4, 0.5) is 0 Å². The third kappa shape index (κ3) is 2.61. The van der Waals surface area contributed by atoms with E-state index < -0.39 is 8.80 Å². The molecule has 105 valence electrons. The third-order valence-corrected chi connectivity index (χ3v) is 9.02. The van der Waals surface area contributed by atoms with Crippen LogP contribution in [-0.4, -0.2) is 38.4 Å². The molecule has 2 aromatic carbocycles. The monoisotopic (exact) mass is 311 g/mol. The van der Waals surface area contributed by atoms with Crippen molar-refractivity contribution in [2.24, 2.45) is 0 Å². The zero-order valence-corrected chi connectivity index (χ0v) is 16.5. The van der Waals surface area contributed by atoms with Crippen LogP contribution in [0.5, 0.6) is 0 Å². The van der Waals surface area contributed by atoms with E-state index in [0.717, 1.165) is 0 Å². The van der Waals surface area contributed by atoms with Gasteiger partial charge in [0, 0.05) is 29.6 Å². The van der Waals surface area contributed by atoms with Crippen molar-refractivity contribution in [2.45, 2.75) is 24.1 Å². The second kappa shape index (κ2) is 6.72. The molecule has 0 saturated carbocycles. The zero-order valence-electron chi connectivity index (χ0n) is 13.4. The Labute approximate surface area is 156 Å². The number of benzene rings is 2. The largest absolute Gasteiger partial charge is 0.0794 e. The maximum absolute atomic E-state index is 2.47. The number of fused-ring (bicyclic) bond motifs is 2. The molecule has 0 nitrogen and oxygen atoms in total. The molecule has 2 heteroatoms. The topological polar surface area (TPSA) is 0 Å². The molecule has 2 unspecified atom stereocenters. The first-order chi connectivity index (χ1) is 10.4. The minimum Gasteiger partial charge on any atom is -0.0794 e. The quantitative estimate of drug-likeness (QED) is 0.729. The van der Waals surface area contributed by atoms with Gasteiger partial charge in [0.05, 0.1) is 8.80 Å². The van der Waals surface area contributed by atoms with Crippen LogP contribution >= 0.6 is 0 Å². The Kier molecular flexibility index (Phi) is 4.89. The van der Waals surface area contributed by atoms with Gasteiger partial charge in [0.2, 0.25) is 0 Å². The molecule has 0 spiro atoms. The molecule has 2 atom stereocenters. The van der Waals surface area contributed by atoms with Gasteiger partial charge in [-0.2, -0.15) is 0 Å². The standard InChI is InChI=1S/C20H20Si.Na/c1-2-21(19-13-11-15-7-3-5-9-17(15)19)20-14-12-16-8-4-6-10-18(16)20;/h3-14,19-21H,2H2,1H3;. The van der Waals surface area contributed by atoms with E-state index in [9.17, 15) is 0 Å². The first kappa shape index (κ1) is 16.0. The van der Waals surface area contributed by atoms with Crippen LogP contribution in [0.15, 0.2) is 60.7 Å². The van der Waals surface area contributed by atoms with Crippen molar-refractivity contribution >= 4 is 50.5 Å². The van der Waals surface area contributed by atoms with Gasteiger partial charge in [-0.25, -0.2) is 0 Å². The van der Waals surface area contributed by atoms with E-state index in [-0.39, 0.29) is 29.6 Å². The first-order valence-electron chi connectivity index (χ1n) is 7.92. The van der Waals surface area contributed by atoms with E-state index in [4.69, 9.17) is 0 Å². The fraction of sp³-hybridized carbons (Fsp3) is 0.200. The van der Waals surface area contributed by atoms with Crippen LogP contribution in [0.2, 0.25) is 6.04 Å². The van der Waals surface area contributed by atoms with E-state index in [0.29, 0.717) is 11.1 Å². The van der Waals surface area contributed by atoms with Gasteiger partial charge in [-0.05, 0) is 33.3 Å². The van der Waals surface area contributed by atoms with Crippen LogP contribution in [0.3, 0.4) is 0 Å². The van der Waals surface area contributed by atoms with Crippen LogP contribution in [-0.2, 0) is 0 Å². The maximum atomic E-state index is 2.47. The van der Waals surface area contributed by atoms with Gasteiger partial charge in [-0.1, -0.05) is 85.8 Å². The van der Waals surface area contributed by atoms with Crippen molar-refractivity contribution < 1.29 is 0 Å². The van der Waals surface area contributed by atoms with Crippen LogP contribution < -0.4 is 0 Å². The molecule has 2 aliphatic carbocycles. The molecule has 22 heavy (non-hydrogen) atoms. The zero-order chi connectivity index (χ0) is 14.2. The Morgan fingerprint density at radius 1 is 0.773 bits per heavy atom. The summed E-state index contributed by atoms with van der Waals surface area (Å²) in [5.41, 5.74) is 7.37. The molecular formula is C20H20NaSi. The third-order valence-electron chi connectivity index (χ3n) is 5.07. The fourth-order valence-electron chi connectivity index (χ4n) is 4.03. The van der Waals surface area contributed by atoms with Gasteiger partial charge >= 0.3 is 0 Å². The predicted molar refractivity (Wildman–Crippen MR) is 99.8 cm³/mol. The Hall–Kier alpha value is -0.863. The number of rotatable bonds is 3. The van der Waals surface area contributed by atoms with Crippen molar-refractivity contribution in [3.63, 3.8) is 0 Å². The second-order valence-electron chi connectivity index (χ2n) is 6.10. The Bertz CT molecular complexity index is 670. The number of hydrogen-bond acceptors (Lipinski definition) is 0. The average molecular weight is 311 g/mol. The van der Waals surface area contributed by atoms with Crippen LogP contribution in [0, 0.1) is 0 Å². The van der Waals surface area contributed by atoms with Gasteiger partial charge in [0.15, 0.2) is 0 Å². The van der Waals surface area contributed by atoms with Gasteiger partial charge < -0.3 is 0 Å². The smallest absolute Gasteiger partial charge is 0.0619 e. The minimum absolute atomic E-state index is 0. The van der Waals surface area contributed by atoms with Crippen molar-refractivity contribution in [3.05, 3.63) is 82.9 Å². The molecule has 0 bridgehead atoms. The van der Waals surface area contributed by atoms with E-state index in [2.05, 4.69) is 79.8 Å². The van der Waals surface area contributed by atoms with Gasteiger partial charge in [-0.15, -0.1) is 0 Å². The predicted octanol–water partition coefficient (Wildman–Crippen LogP) is 4.55. The van der Waals surface area contributed by atoms with Crippen LogP contribution in [0.1, 0.15) is 40.3 Å². The average Bonchev–Trinajstić information content (AvgIpc) is 3.14. The summed E-state index contributed by atoms with van der Waals surface area (Å²) < 4.78 is 0. The molecule has 2 aromatic rings. The molecule has 0 N–H and O–H groups in total. The molecule has 0 saturated heterocycles. The molecular weight excluding hydrogens is 291 g/mol. The van der Waals surface area contributed by atoms with Crippen molar-refractivity contribution in [1.29, 1.82) is 0 Å². The Morgan fingerprint density at radius 2 is 1.23 bits per heavy atom. The van der Waals surface area contributed by atoms with Crippen LogP contribution in [0.25, 0.3) is 12.2 Å². The second-order valence-corrected chi connectivity index (χ2v) is 9.68. The first-order valence-corrected chi connectivity index (χ1v) is 10.1. The summed E-state index contributed by atoms with van der Waals surface area (Å²) in [5.74, 6) is 0. The summed E-state index contributed by atoms with van der Waals surface area (Å²) in [6.45, 7) is 2.39. The summed E-state index contributed by atoms with van der Waals surface area (Å²) in [4.78, 5) is 0. The number of hydrogen-bond donors (Lipinski definition) is 0. The molecule has 4 rings (SSSR count). The molecule has 0 heterocycles. The molecule has 1 radical (unpaired) electrons. The van der Waals surface area contributed by atoms with E-state index in [1.54, 1.807) is 11.1 Å². The minimum atomic E-state index is -0.966. The van der Waals surface area contributed by atoms with Crippen molar-refractivity contribution in [2.75, 3.05) is 0 Å². The molecule has 2 aliphatic rings. The summed E-state index contributed by atoms with van der Waals surface area (Å²) in [6, 6.07) is 19.2. The van der Waals surface area contributed by atoms with E-state index in [1.165, 1.54) is 17.2 Å².